The molecule has 0 saturated heterocycles. The van der Waals surface area contributed by atoms with E-state index in [4.69, 9.17) is 10.5 Å². The molecule has 0 atom stereocenters. The molecular formula is C11H11NOS. The summed E-state index contributed by atoms with van der Waals surface area (Å²) in [7, 11) is 1.68. The van der Waals surface area contributed by atoms with Gasteiger partial charge >= 0.3 is 0 Å². The van der Waals surface area contributed by atoms with Crippen LogP contribution in [0.3, 0.4) is 0 Å². The average Bonchev–Trinajstić information content (AvgIpc) is 2.65. The molecule has 72 valence electrons. The van der Waals surface area contributed by atoms with Gasteiger partial charge in [-0.15, -0.1) is 11.3 Å². The first-order valence-electron chi connectivity index (χ1n) is 4.28. The second kappa shape index (κ2) is 3.72. The molecule has 1 heterocycles. The second-order valence-electron chi connectivity index (χ2n) is 2.94. The second-order valence-corrected chi connectivity index (χ2v) is 3.88. The number of hydrogen-bond acceptors (Lipinski definition) is 3. The lowest BCUT2D eigenvalue weighted by Gasteiger charge is -2.05. The predicted molar refractivity (Wildman–Crippen MR) is 60.7 cm³/mol. The van der Waals surface area contributed by atoms with E-state index in [0.717, 1.165) is 21.9 Å². The third-order valence-electron chi connectivity index (χ3n) is 2.04. The normalized spacial score (nSPS) is 10.1. The number of methoxy groups -OCH3 is 1. The van der Waals surface area contributed by atoms with Crippen LogP contribution in [0.1, 0.15) is 0 Å². The van der Waals surface area contributed by atoms with Crippen molar-refractivity contribution < 1.29 is 4.74 Å². The number of benzene rings is 1. The Kier molecular flexibility index (Phi) is 2.41. The van der Waals surface area contributed by atoms with Gasteiger partial charge in [0, 0.05) is 10.9 Å². The van der Waals surface area contributed by atoms with Crippen molar-refractivity contribution in [3.63, 3.8) is 0 Å². The lowest BCUT2D eigenvalue weighted by atomic mass is 10.1. The Balaban J connectivity index is 2.50. The standard InChI is InChI=1S/C11H11NOS/c1-13-10-5-3-2-4-9(10)8-6-11(12)14-7-8/h2-7H,12H2,1H3. The first-order valence-corrected chi connectivity index (χ1v) is 5.16. The molecule has 2 nitrogen and oxygen atoms in total. The van der Waals surface area contributed by atoms with Crippen LogP contribution in [0.2, 0.25) is 0 Å². The molecule has 2 N–H and O–H groups in total. The van der Waals surface area contributed by atoms with E-state index in [1.807, 2.05) is 35.7 Å². The van der Waals surface area contributed by atoms with Crippen LogP contribution in [-0.2, 0) is 0 Å². The molecule has 0 fully saturated rings. The number of thiophene rings is 1. The summed E-state index contributed by atoms with van der Waals surface area (Å²) in [5.41, 5.74) is 7.89. The molecule has 14 heavy (non-hydrogen) atoms. The molecule has 1 aromatic carbocycles. The van der Waals surface area contributed by atoms with Crippen molar-refractivity contribution in [2.45, 2.75) is 0 Å². The highest BCUT2D eigenvalue weighted by atomic mass is 32.1. The van der Waals surface area contributed by atoms with Gasteiger partial charge in [0.05, 0.1) is 12.1 Å². The smallest absolute Gasteiger partial charge is 0.126 e. The van der Waals surface area contributed by atoms with Gasteiger partial charge in [-0.05, 0) is 17.7 Å². The molecule has 2 aromatic rings. The molecule has 0 aliphatic heterocycles. The number of ether oxygens (including phenoxy) is 1. The summed E-state index contributed by atoms with van der Waals surface area (Å²) in [4.78, 5) is 0. The van der Waals surface area contributed by atoms with Crippen LogP contribution in [0.15, 0.2) is 35.7 Å². The van der Waals surface area contributed by atoms with E-state index in [-0.39, 0.29) is 0 Å². The lowest BCUT2D eigenvalue weighted by molar-refractivity contribution is 0.416. The van der Waals surface area contributed by atoms with E-state index < -0.39 is 0 Å². The van der Waals surface area contributed by atoms with Crippen molar-refractivity contribution in [2.24, 2.45) is 0 Å². The Hall–Kier alpha value is -1.48. The van der Waals surface area contributed by atoms with Crippen molar-refractivity contribution in [3.05, 3.63) is 35.7 Å². The Morgan fingerprint density at radius 2 is 2.07 bits per heavy atom. The van der Waals surface area contributed by atoms with E-state index in [0.29, 0.717) is 0 Å². The third-order valence-corrected chi connectivity index (χ3v) is 2.80. The summed E-state index contributed by atoms with van der Waals surface area (Å²) in [6, 6.07) is 9.88. The Morgan fingerprint density at radius 1 is 1.29 bits per heavy atom. The number of nitrogens with two attached hydrogens (primary N) is 1. The molecule has 1 aromatic heterocycles. The summed E-state index contributed by atoms with van der Waals surface area (Å²) in [5.74, 6) is 0.880. The summed E-state index contributed by atoms with van der Waals surface area (Å²) in [5, 5.41) is 2.86. The zero-order valence-corrected chi connectivity index (χ0v) is 8.67. The highest BCUT2D eigenvalue weighted by Gasteiger charge is 2.05. The fraction of sp³-hybridized carbons (Fsp3) is 0.0909. The monoisotopic (exact) mass is 205 g/mol. The maximum Gasteiger partial charge on any atom is 0.126 e. The van der Waals surface area contributed by atoms with E-state index in [2.05, 4.69) is 0 Å². The van der Waals surface area contributed by atoms with Crippen molar-refractivity contribution in [1.29, 1.82) is 0 Å². The molecule has 3 heteroatoms. The van der Waals surface area contributed by atoms with Gasteiger partial charge < -0.3 is 10.5 Å². The van der Waals surface area contributed by atoms with E-state index in [1.165, 1.54) is 0 Å². The molecule has 0 amide bonds. The van der Waals surface area contributed by atoms with E-state index in [1.54, 1.807) is 18.4 Å². The van der Waals surface area contributed by atoms with Gasteiger partial charge in [-0.25, -0.2) is 0 Å². The third kappa shape index (κ3) is 1.59. The summed E-state index contributed by atoms with van der Waals surface area (Å²) >= 11 is 1.54. The van der Waals surface area contributed by atoms with Gasteiger partial charge in [0.25, 0.3) is 0 Å². The number of rotatable bonds is 2. The number of para-hydroxylation sites is 1. The maximum absolute atomic E-state index is 5.69. The van der Waals surface area contributed by atoms with Crippen molar-refractivity contribution in [2.75, 3.05) is 12.8 Å². The van der Waals surface area contributed by atoms with Crippen LogP contribution < -0.4 is 10.5 Å². The summed E-state index contributed by atoms with van der Waals surface area (Å²) < 4.78 is 5.27. The van der Waals surface area contributed by atoms with Crippen molar-refractivity contribution in [1.82, 2.24) is 0 Å². The molecular weight excluding hydrogens is 194 g/mol. The number of nitrogen functional groups attached to an aromatic ring is 1. The van der Waals surface area contributed by atoms with Crippen LogP contribution in [0.5, 0.6) is 5.75 Å². The highest BCUT2D eigenvalue weighted by molar-refractivity contribution is 7.14. The largest absolute Gasteiger partial charge is 0.496 e. The van der Waals surface area contributed by atoms with Crippen LogP contribution in [-0.4, -0.2) is 7.11 Å². The molecule has 0 spiro atoms. The topological polar surface area (TPSA) is 35.2 Å². The number of hydrogen-bond donors (Lipinski definition) is 1. The fourth-order valence-corrected chi connectivity index (χ4v) is 2.03. The molecule has 2 rings (SSSR count). The minimum absolute atomic E-state index is 0.825. The van der Waals surface area contributed by atoms with Gasteiger partial charge in [0.15, 0.2) is 0 Å². The Labute approximate surface area is 86.9 Å². The first kappa shape index (κ1) is 9.09. The van der Waals surface area contributed by atoms with Crippen LogP contribution in [0.4, 0.5) is 5.00 Å². The van der Waals surface area contributed by atoms with E-state index in [9.17, 15) is 0 Å². The Bertz CT molecular complexity index is 436. The van der Waals surface area contributed by atoms with Gasteiger partial charge in [-0.1, -0.05) is 18.2 Å². The van der Waals surface area contributed by atoms with Crippen molar-refractivity contribution >= 4 is 16.3 Å². The maximum atomic E-state index is 5.69. The molecule has 0 saturated carbocycles. The zero-order valence-electron chi connectivity index (χ0n) is 7.86. The van der Waals surface area contributed by atoms with Crippen LogP contribution >= 0.6 is 11.3 Å². The van der Waals surface area contributed by atoms with Crippen LogP contribution in [0, 0.1) is 0 Å². The summed E-state index contributed by atoms with van der Waals surface area (Å²) in [6.45, 7) is 0. The van der Waals surface area contributed by atoms with Crippen LogP contribution in [0.25, 0.3) is 11.1 Å². The molecule has 0 aliphatic carbocycles. The SMILES string of the molecule is COc1ccccc1-c1csc(N)c1. The molecule has 0 bridgehead atoms. The van der Waals surface area contributed by atoms with Gasteiger partial charge in [-0.2, -0.15) is 0 Å². The fourth-order valence-electron chi connectivity index (χ4n) is 1.38. The molecule has 0 aliphatic rings. The van der Waals surface area contributed by atoms with Gasteiger partial charge in [-0.3, -0.25) is 0 Å². The summed E-state index contributed by atoms with van der Waals surface area (Å²) in [6.07, 6.45) is 0. The van der Waals surface area contributed by atoms with Crippen molar-refractivity contribution in [3.8, 4) is 16.9 Å². The van der Waals surface area contributed by atoms with Gasteiger partial charge in [0.2, 0.25) is 0 Å². The minimum Gasteiger partial charge on any atom is -0.496 e. The number of anilines is 1. The predicted octanol–water partition coefficient (Wildman–Crippen LogP) is 3.01. The first-order chi connectivity index (χ1) is 6.81. The Morgan fingerprint density at radius 3 is 2.71 bits per heavy atom. The molecule has 0 radical (unpaired) electrons. The molecule has 0 unspecified atom stereocenters. The van der Waals surface area contributed by atoms with Gasteiger partial charge in [0.1, 0.15) is 5.75 Å². The lowest BCUT2D eigenvalue weighted by Crippen LogP contribution is -1.85. The zero-order chi connectivity index (χ0) is 9.97. The van der Waals surface area contributed by atoms with E-state index >= 15 is 0 Å². The average molecular weight is 205 g/mol. The highest BCUT2D eigenvalue weighted by Crippen LogP contribution is 2.33. The quantitative estimate of drug-likeness (QED) is 0.818. The minimum atomic E-state index is 0.825.